The maximum Gasteiger partial charge on any atom is -0.0145 e. The lowest BCUT2D eigenvalue weighted by molar-refractivity contribution is -0.243. The SMILES string of the molecule is CCCCCCCCC(CCCC)CC(CC(CCC)CCCCC)(C(C)CC(CCC)CCCCC)C(CCC(CCCC)CCCCCCC)(CC(CCC)CCCCC)C(CCCC(CCCC)CCCCCC)(CC(CCC)CCCCC)C(CCC)([C](CC(CCC)CCCCC)CC(CCCCCC)CCCCCC)C(CCCCCC)CCCCCCC. The van der Waals surface area contributed by atoms with Crippen LogP contribution in [0.5, 0.6) is 0 Å². The average molecular weight is 1820 g/mol. The Hall–Kier alpha value is 0. The average Bonchev–Trinajstić information content (AvgIpc) is 0.672. The summed E-state index contributed by atoms with van der Waals surface area (Å²) in [5.74, 6) is 11.0. The van der Waals surface area contributed by atoms with Gasteiger partial charge in [-0.05, 0) is 176 Å². The molecule has 0 nitrogen and oxygen atoms in total. The molecule has 0 aliphatic rings. The molecule has 0 aromatic heterocycles. The van der Waals surface area contributed by atoms with Crippen LogP contribution in [0.2, 0.25) is 0 Å². The third-order valence-electron chi connectivity index (χ3n) is 35.8. The van der Waals surface area contributed by atoms with E-state index < -0.39 is 0 Å². The van der Waals surface area contributed by atoms with Crippen molar-refractivity contribution in [2.45, 2.75) is 743 Å². The lowest BCUT2D eigenvalue weighted by Crippen LogP contribution is -2.67. The monoisotopic (exact) mass is 1820 g/mol. The molecular weight excluding hydrogens is 1560 g/mol. The minimum atomic E-state index is 0.114. The van der Waals surface area contributed by atoms with Gasteiger partial charge >= 0.3 is 0 Å². The van der Waals surface area contributed by atoms with Crippen molar-refractivity contribution in [3.05, 3.63) is 5.92 Å². The van der Waals surface area contributed by atoms with Crippen molar-refractivity contribution in [1.82, 2.24) is 0 Å². The predicted molar refractivity (Wildman–Crippen MR) is 601 cm³/mol. The summed E-state index contributed by atoms with van der Waals surface area (Å²) in [7, 11) is 0. The molecular formula is C130H261. The van der Waals surface area contributed by atoms with Crippen LogP contribution in [-0.4, -0.2) is 0 Å². The van der Waals surface area contributed by atoms with Gasteiger partial charge in [0.05, 0.1) is 0 Å². The summed E-state index contributed by atoms with van der Waals surface area (Å²) in [6.07, 6.45) is 133. The summed E-state index contributed by atoms with van der Waals surface area (Å²) < 4.78 is 0. The molecule has 0 saturated heterocycles. The van der Waals surface area contributed by atoms with E-state index in [9.17, 15) is 0 Å². The van der Waals surface area contributed by atoms with Crippen LogP contribution < -0.4 is 0 Å². The van der Waals surface area contributed by atoms with Gasteiger partial charge in [-0.15, -0.1) is 0 Å². The van der Waals surface area contributed by atoms with Crippen LogP contribution in [0.3, 0.4) is 0 Å². The first kappa shape index (κ1) is 130. The van der Waals surface area contributed by atoms with E-state index in [0.29, 0.717) is 5.92 Å². The summed E-state index contributed by atoms with van der Waals surface area (Å²) in [6.45, 7) is 58.4. The molecule has 0 fully saturated rings. The van der Waals surface area contributed by atoms with Crippen LogP contribution in [0.25, 0.3) is 0 Å². The van der Waals surface area contributed by atoms with Crippen LogP contribution >= 0.6 is 0 Å². The molecule has 0 rings (SSSR count). The van der Waals surface area contributed by atoms with Gasteiger partial charge in [0.1, 0.15) is 0 Å². The van der Waals surface area contributed by atoms with Gasteiger partial charge in [-0.2, -0.15) is 0 Å². The minimum absolute atomic E-state index is 0.114. The molecule has 0 saturated carbocycles. The zero-order valence-corrected chi connectivity index (χ0v) is 95.9. The minimum Gasteiger partial charge on any atom is -0.0654 e. The molecule has 0 heterocycles. The van der Waals surface area contributed by atoms with E-state index in [1.54, 1.807) is 38.5 Å². The maximum absolute atomic E-state index is 3.30. The van der Waals surface area contributed by atoms with Gasteiger partial charge < -0.3 is 0 Å². The normalized spacial score (nSPS) is 16.5. The fourth-order valence-electron chi connectivity index (χ4n) is 28.8. The van der Waals surface area contributed by atoms with Crippen molar-refractivity contribution in [3.63, 3.8) is 0 Å². The quantitative estimate of drug-likeness (QED) is 0.0533. The van der Waals surface area contributed by atoms with Crippen molar-refractivity contribution < 1.29 is 0 Å². The Morgan fingerprint density at radius 1 is 0.162 bits per heavy atom. The summed E-state index contributed by atoms with van der Waals surface area (Å²) >= 11 is 0. The standard InChI is InChI=1S/C130H261/c1-23-44-59-66-69-79-100-124(90-58-37-15)112-127(111-121(85-40-18)97-72-53-32-10,115(22)108-118(83-38-16)93-70-51-30-8)128(113-122(86-41-19)98-73-54-33-11,107-104-117(89-57-36-14)92-78-67-60-45-24-2)129(114-123(87-42-20)99-74-55-34-12,106-82-101-116(88-56-35-13)91-75-62-47-26-4)130(105-43-21,125(102-80-65-50-29-7)103-81-68-61-46-25-3)126(109-119(84-39-17)94-71-52-31-9)110-120(95-76-63-48-27-5)96-77-64-49-28-6/h115-125H,23-114H2,1-22H3. The van der Waals surface area contributed by atoms with E-state index in [1.165, 1.54) is 552 Å². The second kappa shape index (κ2) is 91.5. The van der Waals surface area contributed by atoms with Crippen molar-refractivity contribution in [2.75, 3.05) is 0 Å². The number of hydrogen-bond acceptors (Lipinski definition) is 0. The van der Waals surface area contributed by atoms with E-state index in [1.807, 2.05) is 0 Å². The second-order valence-corrected chi connectivity index (χ2v) is 47.1. The van der Waals surface area contributed by atoms with E-state index in [-0.39, 0.29) is 21.7 Å². The van der Waals surface area contributed by atoms with Gasteiger partial charge in [-0.3, -0.25) is 0 Å². The Balaban J connectivity index is 13.9. The molecule has 0 amide bonds. The summed E-state index contributed by atoms with van der Waals surface area (Å²) in [5, 5.41) is 0. The van der Waals surface area contributed by atoms with Crippen molar-refractivity contribution >= 4 is 0 Å². The van der Waals surface area contributed by atoms with E-state index >= 15 is 0 Å². The summed E-state index contributed by atoms with van der Waals surface area (Å²) in [5.41, 5.74) is 0.532. The molecule has 0 aromatic carbocycles. The molecule has 0 heteroatoms. The highest BCUT2D eigenvalue weighted by Crippen LogP contribution is 2.80. The van der Waals surface area contributed by atoms with Crippen LogP contribution in [0, 0.1) is 92.7 Å². The Morgan fingerprint density at radius 2 is 0.392 bits per heavy atom. The molecule has 0 aliphatic carbocycles. The van der Waals surface area contributed by atoms with Gasteiger partial charge in [0.15, 0.2) is 0 Å². The molecule has 0 N–H and O–H groups in total. The Kier molecular flexibility index (Phi) is 91.5. The highest BCUT2D eigenvalue weighted by molar-refractivity contribution is 5.26. The largest absolute Gasteiger partial charge is 0.0654 e. The lowest BCUT2D eigenvalue weighted by atomic mass is 9.29. The third kappa shape index (κ3) is 56.0. The zero-order valence-electron chi connectivity index (χ0n) is 95.9. The molecule has 0 aliphatic heterocycles. The molecule has 14 atom stereocenters. The molecule has 0 bridgehead atoms. The van der Waals surface area contributed by atoms with E-state index in [4.69, 9.17) is 0 Å². The second-order valence-electron chi connectivity index (χ2n) is 47.1. The molecule has 0 spiro atoms. The molecule has 1 radical (unpaired) electrons. The fraction of sp³-hybridized carbons (Fsp3) is 0.992. The zero-order chi connectivity index (χ0) is 96.0. The summed E-state index contributed by atoms with van der Waals surface area (Å²) in [4.78, 5) is 0. The molecule has 781 valence electrons. The van der Waals surface area contributed by atoms with E-state index in [2.05, 4.69) is 158 Å². The van der Waals surface area contributed by atoms with Gasteiger partial charge in [0.2, 0.25) is 0 Å². The van der Waals surface area contributed by atoms with Gasteiger partial charge in [0, 0.05) is 0 Å². The third-order valence-corrected chi connectivity index (χ3v) is 35.8. The van der Waals surface area contributed by atoms with Crippen molar-refractivity contribution in [1.29, 1.82) is 0 Å². The first-order valence-electron chi connectivity index (χ1n) is 63.4. The first-order chi connectivity index (χ1) is 63.6. The highest BCUT2D eigenvalue weighted by atomic mass is 14.8. The molecule has 14 unspecified atom stereocenters. The van der Waals surface area contributed by atoms with Crippen LogP contribution in [0.15, 0.2) is 0 Å². The van der Waals surface area contributed by atoms with Crippen molar-refractivity contribution in [3.8, 4) is 0 Å². The van der Waals surface area contributed by atoms with Gasteiger partial charge in [-0.25, -0.2) is 0 Å². The van der Waals surface area contributed by atoms with Gasteiger partial charge in [-0.1, -0.05) is 660 Å². The van der Waals surface area contributed by atoms with Gasteiger partial charge in [0.25, 0.3) is 0 Å². The number of rotatable bonds is 107. The summed E-state index contributed by atoms with van der Waals surface area (Å²) in [6, 6.07) is 0. The van der Waals surface area contributed by atoms with Crippen LogP contribution in [-0.2, 0) is 0 Å². The number of unbranched alkanes of at least 4 members (excludes halogenated alkanes) is 38. The predicted octanol–water partition coefficient (Wildman–Crippen LogP) is 48.6. The molecule has 0 aromatic rings. The first-order valence-corrected chi connectivity index (χ1v) is 63.4. The highest BCUT2D eigenvalue weighted by Gasteiger charge is 2.72. The Labute approximate surface area is 830 Å². The number of hydrogen-bond donors (Lipinski definition) is 0. The van der Waals surface area contributed by atoms with E-state index in [0.717, 1.165) is 59.2 Å². The maximum atomic E-state index is 3.30. The molecule has 130 heavy (non-hydrogen) atoms. The topological polar surface area (TPSA) is 0 Å². The van der Waals surface area contributed by atoms with Crippen LogP contribution in [0.4, 0.5) is 0 Å². The lowest BCUT2D eigenvalue weighted by Gasteiger charge is -2.74. The Morgan fingerprint density at radius 3 is 0.746 bits per heavy atom. The van der Waals surface area contributed by atoms with Crippen molar-refractivity contribution in [2.24, 2.45) is 86.8 Å². The fourth-order valence-corrected chi connectivity index (χ4v) is 28.8. The van der Waals surface area contributed by atoms with Crippen LogP contribution in [0.1, 0.15) is 743 Å². The smallest absolute Gasteiger partial charge is 0.0145 e. The Bertz CT molecular complexity index is 2190.